The fraction of sp³-hybridized carbons (Fsp3) is 0.579. The van der Waals surface area contributed by atoms with Crippen LogP contribution in [0.15, 0.2) is 30.3 Å². The molecule has 1 aromatic rings. The summed E-state index contributed by atoms with van der Waals surface area (Å²) >= 11 is 0. The van der Waals surface area contributed by atoms with Crippen LogP contribution in [0.25, 0.3) is 0 Å². The molecule has 0 saturated heterocycles. The molecule has 0 aliphatic rings. The molecule has 0 radical (unpaired) electrons. The van der Waals surface area contributed by atoms with Crippen LogP contribution < -0.4 is 0 Å². The Bertz CT molecular complexity index is 426. The van der Waals surface area contributed by atoms with Gasteiger partial charge in [-0.2, -0.15) is 0 Å². The van der Waals surface area contributed by atoms with Gasteiger partial charge in [0.25, 0.3) is 0 Å². The molecule has 0 aliphatic heterocycles. The molecular weight excluding hydrogens is 276 g/mol. The van der Waals surface area contributed by atoms with Gasteiger partial charge in [-0.3, -0.25) is 4.79 Å². The van der Waals surface area contributed by atoms with Gasteiger partial charge >= 0.3 is 5.97 Å². The number of rotatable bonds is 12. The van der Waals surface area contributed by atoms with E-state index in [1.807, 2.05) is 30.3 Å². The predicted molar refractivity (Wildman–Crippen MR) is 88.5 cm³/mol. The number of benzene rings is 1. The van der Waals surface area contributed by atoms with Gasteiger partial charge in [-0.05, 0) is 12.0 Å². The monoisotopic (exact) mass is 304 g/mol. The highest BCUT2D eigenvalue weighted by Gasteiger charge is 2.14. The number of carbonyl (C=O) groups excluding carboxylic acids is 2. The topological polar surface area (TPSA) is 43.4 Å². The van der Waals surface area contributed by atoms with E-state index in [0.29, 0.717) is 6.42 Å². The second-order valence-corrected chi connectivity index (χ2v) is 5.71. The molecule has 3 nitrogen and oxygen atoms in total. The molecule has 0 saturated carbocycles. The van der Waals surface area contributed by atoms with Gasteiger partial charge in [-0.15, -0.1) is 0 Å². The smallest absolute Gasteiger partial charge is 0.374 e. The minimum atomic E-state index is -0.702. The minimum absolute atomic E-state index is 0.169. The zero-order valence-corrected chi connectivity index (χ0v) is 13.7. The Morgan fingerprint density at radius 1 is 0.864 bits per heavy atom. The largest absolute Gasteiger partial charge is 0.455 e. The summed E-state index contributed by atoms with van der Waals surface area (Å²) in [5.74, 6) is -1.10. The zero-order valence-electron chi connectivity index (χ0n) is 13.7. The maximum absolute atomic E-state index is 11.7. The molecule has 22 heavy (non-hydrogen) atoms. The highest BCUT2D eigenvalue weighted by Crippen LogP contribution is 2.10. The average molecular weight is 304 g/mol. The molecule has 0 N–H and O–H groups in total. The van der Waals surface area contributed by atoms with Gasteiger partial charge in [-0.25, -0.2) is 4.79 Å². The van der Waals surface area contributed by atoms with Gasteiger partial charge in [0.15, 0.2) is 0 Å². The average Bonchev–Trinajstić information content (AvgIpc) is 2.55. The summed E-state index contributed by atoms with van der Waals surface area (Å²) in [5.41, 5.74) is 0.899. The van der Waals surface area contributed by atoms with E-state index in [1.54, 1.807) is 0 Å². The first-order chi connectivity index (χ1) is 10.7. The van der Waals surface area contributed by atoms with Crippen LogP contribution >= 0.6 is 0 Å². The highest BCUT2D eigenvalue weighted by atomic mass is 16.5. The van der Waals surface area contributed by atoms with E-state index < -0.39 is 11.8 Å². The molecule has 3 heteroatoms. The first-order valence-electron chi connectivity index (χ1n) is 8.48. The number of ketones is 1. The van der Waals surface area contributed by atoms with E-state index in [4.69, 9.17) is 4.74 Å². The molecule has 0 unspecified atom stereocenters. The number of Topliss-reactive ketones (excluding diaryl/α,β-unsaturated/α-hetero) is 1. The van der Waals surface area contributed by atoms with Crippen LogP contribution in [0.2, 0.25) is 0 Å². The Morgan fingerprint density at radius 3 is 2.09 bits per heavy atom. The second kappa shape index (κ2) is 12.0. The lowest BCUT2D eigenvalue weighted by atomic mass is 10.1. The SMILES string of the molecule is CCCCCCCCCCC(=O)C(=O)OCc1ccccc1. The van der Waals surface area contributed by atoms with Crippen LogP contribution in [0.1, 0.15) is 70.3 Å². The lowest BCUT2D eigenvalue weighted by molar-refractivity contribution is -0.154. The zero-order chi connectivity index (χ0) is 16.0. The molecular formula is C19H28O3. The van der Waals surface area contributed by atoms with Crippen molar-refractivity contribution < 1.29 is 14.3 Å². The Balaban J connectivity index is 2.03. The van der Waals surface area contributed by atoms with Gasteiger partial charge in [0.1, 0.15) is 6.61 Å². The Morgan fingerprint density at radius 2 is 1.45 bits per heavy atom. The predicted octanol–water partition coefficient (Wildman–Crippen LogP) is 4.83. The van der Waals surface area contributed by atoms with Gasteiger partial charge in [0.05, 0.1) is 0 Å². The molecule has 1 aromatic carbocycles. The summed E-state index contributed by atoms with van der Waals surface area (Å²) < 4.78 is 5.02. The second-order valence-electron chi connectivity index (χ2n) is 5.71. The van der Waals surface area contributed by atoms with Crippen LogP contribution in [0, 0.1) is 0 Å². The first-order valence-corrected chi connectivity index (χ1v) is 8.48. The number of hydrogen-bond donors (Lipinski definition) is 0. The van der Waals surface area contributed by atoms with Crippen molar-refractivity contribution >= 4 is 11.8 Å². The van der Waals surface area contributed by atoms with Gasteiger partial charge in [0.2, 0.25) is 5.78 Å². The van der Waals surface area contributed by atoms with Gasteiger partial charge in [-0.1, -0.05) is 82.2 Å². The number of esters is 1. The standard InChI is InChI=1S/C19H28O3/c1-2-3-4-5-6-7-8-12-15-18(20)19(21)22-16-17-13-10-9-11-14-17/h9-11,13-14H,2-8,12,15-16H2,1H3. The van der Waals surface area contributed by atoms with Crippen molar-refractivity contribution in [2.75, 3.05) is 0 Å². The Kier molecular flexibility index (Phi) is 10.0. The van der Waals surface area contributed by atoms with E-state index in [2.05, 4.69) is 6.92 Å². The molecule has 0 aliphatic carbocycles. The Labute approximate surface area is 134 Å². The third kappa shape index (κ3) is 8.60. The van der Waals surface area contributed by atoms with E-state index >= 15 is 0 Å². The molecule has 0 aromatic heterocycles. The van der Waals surface area contributed by atoms with E-state index in [0.717, 1.165) is 24.8 Å². The Hall–Kier alpha value is -1.64. The van der Waals surface area contributed by atoms with Crippen molar-refractivity contribution in [1.82, 2.24) is 0 Å². The van der Waals surface area contributed by atoms with Crippen molar-refractivity contribution in [3.8, 4) is 0 Å². The molecule has 0 heterocycles. The number of ether oxygens (including phenoxy) is 1. The van der Waals surface area contributed by atoms with Crippen molar-refractivity contribution in [1.29, 1.82) is 0 Å². The summed E-state index contributed by atoms with van der Waals surface area (Å²) in [6, 6.07) is 9.41. The van der Waals surface area contributed by atoms with Crippen molar-refractivity contribution in [3.05, 3.63) is 35.9 Å². The van der Waals surface area contributed by atoms with E-state index in [-0.39, 0.29) is 6.61 Å². The third-order valence-corrected chi connectivity index (χ3v) is 3.70. The maximum Gasteiger partial charge on any atom is 0.374 e. The maximum atomic E-state index is 11.7. The fourth-order valence-corrected chi connectivity index (χ4v) is 2.33. The first kappa shape index (κ1) is 18.4. The lowest BCUT2D eigenvalue weighted by Crippen LogP contribution is -2.17. The number of unbranched alkanes of at least 4 members (excludes halogenated alkanes) is 7. The summed E-state index contributed by atoms with van der Waals surface area (Å²) in [4.78, 5) is 23.2. The molecule has 1 rings (SSSR count). The normalized spacial score (nSPS) is 10.4. The fourth-order valence-electron chi connectivity index (χ4n) is 2.33. The summed E-state index contributed by atoms with van der Waals surface area (Å²) in [7, 11) is 0. The van der Waals surface area contributed by atoms with Crippen LogP contribution in [0.4, 0.5) is 0 Å². The quantitative estimate of drug-likeness (QED) is 0.315. The minimum Gasteiger partial charge on any atom is -0.455 e. The third-order valence-electron chi connectivity index (χ3n) is 3.70. The van der Waals surface area contributed by atoms with Crippen molar-refractivity contribution in [2.24, 2.45) is 0 Å². The van der Waals surface area contributed by atoms with Gasteiger partial charge in [0, 0.05) is 6.42 Å². The molecule has 0 bridgehead atoms. The van der Waals surface area contributed by atoms with Crippen molar-refractivity contribution in [2.45, 2.75) is 71.3 Å². The highest BCUT2D eigenvalue weighted by molar-refractivity contribution is 6.33. The number of hydrogen-bond acceptors (Lipinski definition) is 3. The lowest BCUT2D eigenvalue weighted by Gasteiger charge is -2.04. The van der Waals surface area contributed by atoms with Crippen LogP contribution in [0.3, 0.4) is 0 Å². The molecule has 0 fully saturated rings. The molecule has 0 spiro atoms. The molecule has 122 valence electrons. The molecule has 0 atom stereocenters. The van der Waals surface area contributed by atoms with Crippen LogP contribution in [-0.2, 0) is 20.9 Å². The van der Waals surface area contributed by atoms with E-state index in [9.17, 15) is 9.59 Å². The van der Waals surface area contributed by atoms with Crippen LogP contribution in [0.5, 0.6) is 0 Å². The summed E-state index contributed by atoms with van der Waals surface area (Å²) in [5, 5.41) is 0. The van der Waals surface area contributed by atoms with Gasteiger partial charge < -0.3 is 4.74 Å². The van der Waals surface area contributed by atoms with Crippen molar-refractivity contribution in [3.63, 3.8) is 0 Å². The number of carbonyl (C=O) groups is 2. The van der Waals surface area contributed by atoms with Crippen LogP contribution in [-0.4, -0.2) is 11.8 Å². The summed E-state index contributed by atoms with van der Waals surface area (Å²) in [6.45, 7) is 2.38. The molecule has 0 amide bonds. The summed E-state index contributed by atoms with van der Waals surface area (Å²) in [6.07, 6.45) is 9.65. The van der Waals surface area contributed by atoms with E-state index in [1.165, 1.54) is 32.1 Å².